The number of nitrogens with zero attached hydrogens (tertiary/aromatic N) is 1. The van der Waals surface area contributed by atoms with Gasteiger partial charge in [0.2, 0.25) is 11.8 Å². The number of fused-ring (bicyclic) bond motifs is 4. The van der Waals surface area contributed by atoms with Crippen molar-refractivity contribution in [2.45, 2.75) is 31.6 Å². The molecule has 9 heteroatoms. The summed E-state index contributed by atoms with van der Waals surface area (Å²) in [6.45, 7) is 1.10. The van der Waals surface area contributed by atoms with E-state index in [9.17, 15) is 14.4 Å². The van der Waals surface area contributed by atoms with Gasteiger partial charge in [-0.3, -0.25) is 14.4 Å². The molecule has 1 aliphatic carbocycles. The smallest absolute Gasteiger partial charge is 0.255 e. The van der Waals surface area contributed by atoms with Gasteiger partial charge >= 0.3 is 0 Å². The minimum Gasteiger partial charge on any atom is -0.491 e. The monoisotopic (exact) mass is 508 g/mol. The lowest BCUT2D eigenvalue weighted by Crippen LogP contribution is -2.45. The summed E-state index contributed by atoms with van der Waals surface area (Å²) in [7, 11) is 0. The Hall–Kier alpha value is -3.52. The predicted octanol–water partition coefficient (Wildman–Crippen LogP) is 3.40. The van der Waals surface area contributed by atoms with Crippen LogP contribution in [0.3, 0.4) is 0 Å². The van der Waals surface area contributed by atoms with E-state index in [1.165, 1.54) is 5.56 Å². The third-order valence-corrected chi connectivity index (χ3v) is 7.05. The molecule has 0 spiro atoms. The number of carbonyl (C=O) groups is 3. The predicted molar refractivity (Wildman–Crippen MR) is 137 cm³/mol. The van der Waals surface area contributed by atoms with Crippen molar-refractivity contribution in [2.24, 2.45) is 0 Å². The van der Waals surface area contributed by atoms with Gasteiger partial charge in [0.25, 0.3) is 5.91 Å². The lowest BCUT2D eigenvalue weighted by molar-refractivity contribution is -0.137. The number of amides is 3. The summed E-state index contributed by atoms with van der Waals surface area (Å²) in [5.41, 5.74) is 3.53. The van der Waals surface area contributed by atoms with Crippen LogP contribution >= 0.6 is 11.6 Å². The molecule has 3 aromatic rings. The fourth-order valence-corrected chi connectivity index (χ4v) is 5.27. The molecule has 0 fully saturated rings. The van der Waals surface area contributed by atoms with Gasteiger partial charge in [0, 0.05) is 34.7 Å². The topological polar surface area (TPSA) is 104 Å². The van der Waals surface area contributed by atoms with E-state index in [4.69, 9.17) is 16.3 Å². The van der Waals surface area contributed by atoms with Crippen molar-refractivity contribution in [3.8, 4) is 5.75 Å². The van der Waals surface area contributed by atoms with Crippen LogP contribution in [0.4, 0.5) is 0 Å². The van der Waals surface area contributed by atoms with Gasteiger partial charge in [-0.1, -0.05) is 29.8 Å². The number of benzene rings is 2. The fourth-order valence-electron chi connectivity index (χ4n) is 5.10. The molecule has 2 aliphatic rings. The van der Waals surface area contributed by atoms with E-state index in [2.05, 4.69) is 21.7 Å². The van der Waals surface area contributed by atoms with Crippen LogP contribution in [0.15, 0.2) is 42.5 Å². The Morgan fingerprint density at radius 2 is 1.92 bits per heavy atom. The number of rotatable bonds is 1. The highest BCUT2D eigenvalue weighted by Gasteiger charge is 2.33. The van der Waals surface area contributed by atoms with Crippen LogP contribution in [0.25, 0.3) is 10.9 Å². The molecule has 5 rings (SSSR count). The van der Waals surface area contributed by atoms with E-state index in [1.807, 2.05) is 18.2 Å². The van der Waals surface area contributed by atoms with Crippen molar-refractivity contribution >= 4 is 40.2 Å². The van der Waals surface area contributed by atoms with Crippen LogP contribution in [0.5, 0.6) is 5.75 Å². The number of aromatic nitrogens is 1. The zero-order chi connectivity index (χ0) is 25.1. The largest absolute Gasteiger partial charge is 0.491 e. The second-order valence-corrected chi connectivity index (χ2v) is 9.65. The number of nitrogens with one attached hydrogen (secondary N) is 3. The average Bonchev–Trinajstić information content (AvgIpc) is 3.27. The Morgan fingerprint density at radius 1 is 1.06 bits per heavy atom. The molecule has 188 valence electrons. The van der Waals surface area contributed by atoms with Crippen LogP contribution < -0.4 is 15.4 Å². The normalized spacial score (nSPS) is 19.4. The molecule has 0 saturated heterocycles. The molecule has 0 saturated carbocycles. The molecule has 1 aliphatic heterocycles. The second-order valence-electron chi connectivity index (χ2n) is 9.22. The van der Waals surface area contributed by atoms with E-state index in [0.29, 0.717) is 35.8 Å². The van der Waals surface area contributed by atoms with E-state index in [0.717, 1.165) is 35.9 Å². The lowest BCUT2D eigenvalue weighted by atomic mass is 9.85. The van der Waals surface area contributed by atoms with Crippen LogP contribution in [0.1, 0.15) is 46.8 Å². The first-order valence-electron chi connectivity index (χ1n) is 12.4. The standard InChI is InChI=1S/C27H29ClN4O4/c28-17-9-10-23-21(15-17)26(34)30-11-4-13-32(16-24(33)29-12-14-36-23)27(35)20-7-3-6-19-18-5-1-2-8-22(18)31-25(19)20/h1-2,5,8-10,15,20,31H,3-4,6-7,11-14,16H2,(H,29,33)(H,30,34). The molecular weight excluding hydrogens is 480 g/mol. The lowest BCUT2D eigenvalue weighted by Gasteiger charge is -2.29. The molecule has 36 heavy (non-hydrogen) atoms. The number of halogens is 1. The average molecular weight is 509 g/mol. The maximum atomic E-state index is 13.7. The SMILES string of the molecule is O=C1CN(C(=O)C2CCCc3c2[nH]c2ccccc32)CCCNC(=O)c2cc(Cl)ccc2OCCN1. The number of carbonyl (C=O) groups excluding carboxylic acids is 3. The summed E-state index contributed by atoms with van der Waals surface area (Å²) in [6, 6.07) is 13.0. The molecular formula is C27H29ClN4O4. The molecule has 1 aromatic heterocycles. The van der Waals surface area contributed by atoms with Gasteiger partial charge in [-0.05, 0) is 55.5 Å². The first-order chi connectivity index (χ1) is 17.5. The van der Waals surface area contributed by atoms with Crippen LogP contribution in [-0.4, -0.2) is 60.4 Å². The van der Waals surface area contributed by atoms with Crippen LogP contribution in [0.2, 0.25) is 5.02 Å². The summed E-state index contributed by atoms with van der Waals surface area (Å²) in [5, 5.41) is 7.30. The first kappa shape index (κ1) is 24.2. The highest BCUT2D eigenvalue weighted by molar-refractivity contribution is 6.31. The highest BCUT2D eigenvalue weighted by atomic mass is 35.5. The van der Waals surface area contributed by atoms with E-state index in [-0.39, 0.29) is 43.3 Å². The molecule has 8 nitrogen and oxygen atoms in total. The molecule has 1 unspecified atom stereocenters. The molecule has 3 N–H and O–H groups in total. The Kier molecular flexibility index (Phi) is 7.13. The molecule has 2 heterocycles. The van der Waals surface area contributed by atoms with Gasteiger partial charge in [-0.2, -0.15) is 0 Å². The van der Waals surface area contributed by atoms with E-state index in [1.54, 1.807) is 23.1 Å². The number of ether oxygens (including phenoxy) is 1. The Bertz CT molecular complexity index is 1300. The molecule has 0 radical (unpaired) electrons. The van der Waals surface area contributed by atoms with Crippen molar-refractivity contribution in [3.05, 3.63) is 64.3 Å². The van der Waals surface area contributed by atoms with Crippen LogP contribution in [0, 0.1) is 0 Å². The Morgan fingerprint density at radius 3 is 2.81 bits per heavy atom. The van der Waals surface area contributed by atoms with E-state index < -0.39 is 0 Å². The molecule has 3 amide bonds. The number of hydrogen-bond acceptors (Lipinski definition) is 4. The maximum Gasteiger partial charge on any atom is 0.255 e. The van der Waals surface area contributed by atoms with Gasteiger partial charge in [0.15, 0.2) is 0 Å². The van der Waals surface area contributed by atoms with Crippen molar-refractivity contribution in [2.75, 3.05) is 32.8 Å². The van der Waals surface area contributed by atoms with Gasteiger partial charge in [0.05, 0.1) is 24.6 Å². The number of H-pyrrole nitrogens is 1. The fraction of sp³-hybridized carbons (Fsp3) is 0.370. The van der Waals surface area contributed by atoms with Gasteiger partial charge < -0.3 is 25.3 Å². The number of aromatic amines is 1. The number of hydrogen-bond donors (Lipinski definition) is 3. The van der Waals surface area contributed by atoms with E-state index >= 15 is 0 Å². The summed E-state index contributed by atoms with van der Waals surface area (Å²) >= 11 is 6.08. The molecule has 0 bridgehead atoms. The third kappa shape index (κ3) is 5.04. The van der Waals surface area contributed by atoms with Crippen molar-refractivity contribution in [3.63, 3.8) is 0 Å². The van der Waals surface area contributed by atoms with Gasteiger partial charge in [0.1, 0.15) is 12.4 Å². The minimum absolute atomic E-state index is 0.0367. The zero-order valence-corrected chi connectivity index (χ0v) is 20.7. The maximum absolute atomic E-state index is 13.7. The van der Waals surface area contributed by atoms with Gasteiger partial charge in [-0.25, -0.2) is 0 Å². The quantitative estimate of drug-likeness (QED) is 0.468. The molecule has 1 atom stereocenters. The summed E-state index contributed by atoms with van der Waals surface area (Å²) in [5.74, 6) is -0.505. The minimum atomic E-state index is -0.320. The second kappa shape index (κ2) is 10.6. The van der Waals surface area contributed by atoms with Crippen molar-refractivity contribution in [1.29, 1.82) is 0 Å². The summed E-state index contributed by atoms with van der Waals surface area (Å²) in [6.07, 6.45) is 3.09. The van der Waals surface area contributed by atoms with Crippen LogP contribution in [-0.2, 0) is 16.0 Å². The number of aryl methyl sites for hydroxylation is 1. The summed E-state index contributed by atoms with van der Waals surface area (Å²) < 4.78 is 5.72. The third-order valence-electron chi connectivity index (χ3n) is 6.82. The Labute approximate surface area is 214 Å². The number of para-hydroxylation sites is 1. The summed E-state index contributed by atoms with van der Waals surface area (Å²) in [4.78, 5) is 44.3. The zero-order valence-electron chi connectivity index (χ0n) is 19.9. The highest BCUT2D eigenvalue weighted by Crippen LogP contribution is 2.37. The molecule has 2 aromatic carbocycles. The Balaban J connectivity index is 1.34. The van der Waals surface area contributed by atoms with Crippen molar-refractivity contribution in [1.82, 2.24) is 20.5 Å². The van der Waals surface area contributed by atoms with Gasteiger partial charge in [-0.15, -0.1) is 0 Å². The van der Waals surface area contributed by atoms with Crippen molar-refractivity contribution < 1.29 is 19.1 Å². The first-order valence-corrected chi connectivity index (χ1v) is 12.7.